The van der Waals surface area contributed by atoms with Crippen LogP contribution in [0.15, 0.2) is 255 Å². The predicted molar refractivity (Wildman–Crippen MR) is 292 cm³/mol. The van der Waals surface area contributed by atoms with Gasteiger partial charge in [0.15, 0.2) is 0 Å². The largest absolute Gasteiger partial charge is 0.310 e. The second-order valence-electron chi connectivity index (χ2n) is 18.8. The summed E-state index contributed by atoms with van der Waals surface area (Å²) >= 11 is 0. The predicted octanol–water partition coefficient (Wildman–Crippen LogP) is 18.4. The molecule has 0 bridgehead atoms. The maximum Gasteiger partial charge on any atom is 0.0547 e. The topological polar surface area (TPSA) is 8.17 Å². The highest BCUT2D eigenvalue weighted by Crippen LogP contribution is 2.55. The molecule has 0 aliphatic heterocycles. The summed E-state index contributed by atoms with van der Waals surface area (Å²) in [6, 6.07) is 93.7. The minimum atomic E-state index is -0.251. The number of aromatic nitrogens is 1. The molecule has 0 unspecified atom stereocenters. The third-order valence-corrected chi connectivity index (χ3v) is 14.6. The Balaban J connectivity index is 1.06. The summed E-state index contributed by atoms with van der Waals surface area (Å²) < 4.78 is 2.43. The fourth-order valence-electron chi connectivity index (χ4n) is 11.3. The van der Waals surface area contributed by atoms with E-state index in [-0.39, 0.29) is 5.41 Å². The molecule has 0 N–H and O–H groups in total. The molecule has 2 heteroatoms. The van der Waals surface area contributed by atoms with E-state index in [1.54, 1.807) is 0 Å². The number of fused-ring (bicyclic) bond motifs is 7. The SMILES string of the molecule is CC1(C)c2ccccc2-c2c(-c3ccc4c5ccccc5n(-c5ccccc5)c4c3)cc(N(c3ccc(-c4cccc5cccc(-c6ccccc6)c45)cc3)c3ccccc3-c3ccccc3)cc21. The number of anilines is 3. The summed E-state index contributed by atoms with van der Waals surface area (Å²) in [7, 11) is 0. The van der Waals surface area contributed by atoms with Crippen molar-refractivity contribution in [3.63, 3.8) is 0 Å². The van der Waals surface area contributed by atoms with Gasteiger partial charge in [-0.05, 0) is 127 Å². The fourth-order valence-corrected chi connectivity index (χ4v) is 11.3. The van der Waals surface area contributed by atoms with Gasteiger partial charge in [-0.1, -0.05) is 214 Å². The molecule has 11 aromatic carbocycles. The highest BCUT2D eigenvalue weighted by atomic mass is 15.1. The van der Waals surface area contributed by atoms with Crippen LogP contribution < -0.4 is 4.90 Å². The molecule has 13 rings (SSSR count). The van der Waals surface area contributed by atoms with Gasteiger partial charge in [-0.3, -0.25) is 0 Å². The smallest absolute Gasteiger partial charge is 0.0547 e. The lowest BCUT2D eigenvalue weighted by Crippen LogP contribution is -2.17. The Labute approximate surface area is 403 Å². The maximum atomic E-state index is 2.49. The van der Waals surface area contributed by atoms with Gasteiger partial charge in [0.05, 0.1) is 16.7 Å². The highest BCUT2D eigenvalue weighted by molar-refractivity contribution is 6.11. The third kappa shape index (κ3) is 6.63. The van der Waals surface area contributed by atoms with Crippen LogP contribution in [0.5, 0.6) is 0 Å². The minimum Gasteiger partial charge on any atom is -0.310 e. The first-order chi connectivity index (χ1) is 34.0. The summed E-state index contributed by atoms with van der Waals surface area (Å²) in [5.41, 5.74) is 21.5. The zero-order valence-electron chi connectivity index (χ0n) is 38.6. The van der Waals surface area contributed by atoms with Crippen LogP contribution in [0.25, 0.3) is 93.9 Å². The van der Waals surface area contributed by atoms with Gasteiger partial charge in [0, 0.05) is 38.8 Å². The molecule has 2 nitrogen and oxygen atoms in total. The van der Waals surface area contributed by atoms with Crippen LogP contribution in [-0.2, 0) is 5.41 Å². The van der Waals surface area contributed by atoms with E-state index < -0.39 is 0 Å². The van der Waals surface area contributed by atoms with Crippen LogP contribution in [0.1, 0.15) is 25.0 Å². The normalized spacial score (nSPS) is 12.6. The van der Waals surface area contributed by atoms with Crippen molar-refractivity contribution in [3.05, 3.63) is 266 Å². The number of rotatable bonds is 8. The third-order valence-electron chi connectivity index (χ3n) is 14.6. The molecule has 12 aromatic rings. The van der Waals surface area contributed by atoms with E-state index in [9.17, 15) is 0 Å². The molecule has 1 aliphatic carbocycles. The quantitative estimate of drug-likeness (QED) is 0.148. The highest BCUT2D eigenvalue weighted by Gasteiger charge is 2.38. The minimum absolute atomic E-state index is 0.251. The Morgan fingerprint density at radius 3 is 1.62 bits per heavy atom. The van der Waals surface area contributed by atoms with Gasteiger partial charge in [-0.25, -0.2) is 0 Å². The molecule has 0 amide bonds. The van der Waals surface area contributed by atoms with Crippen LogP contribution in [0, 0.1) is 0 Å². The molecule has 0 atom stereocenters. The zero-order valence-corrected chi connectivity index (χ0v) is 38.6. The van der Waals surface area contributed by atoms with Gasteiger partial charge in [0.1, 0.15) is 0 Å². The molecular formula is C67H48N2. The van der Waals surface area contributed by atoms with Crippen molar-refractivity contribution in [2.75, 3.05) is 4.90 Å². The lowest BCUT2D eigenvalue weighted by Gasteiger charge is -2.31. The van der Waals surface area contributed by atoms with E-state index in [1.165, 1.54) is 99.3 Å². The Morgan fingerprint density at radius 2 is 0.899 bits per heavy atom. The Morgan fingerprint density at radius 1 is 0.348 bits per heavy atom. The Bertz CT molecular complexity index is 3900. The molecule has 1 heterocycles. The van der Waals surface area contributed by atoms with Gasteiger partial charge in [-0.15, -0.1) is 0 Å². The second-order valence-corrected chi connectivity index (χ2v) is 18.8. The summed E-state index contributed by atoms with van der Waals surface area (Å²) in [6.07, 6.45) is 0. The molecule has 326 valence electrons. The summed E-state index contributed by atoms with van der Waals surface area (Å²) in [4.78, 5) is 2.49. The van der Waals surface area contributed by atoms with Crippen molar-refractivity contribution in [2.45, 2.75) is 19.3 Å². The van der Waals surface area contributed by atoms with E-state index in [0.717, 1.165) is 22.7 Å². The summed E-state index contributed by atoms with van der Waals surface area (Å²) in [5.74, 6) is 0. The fraction of sp³-hybridized carbons (Fsp3) is 0.0448. The molecule has 1 aliphatic rings. The molecule has 0 spiro atoms. The first kappa shape index (κ1) is 40.5. The van der Waals surface area contributed by atoms with Crippen molar-refractivity contribution in [2.24, 2.45) is 0 Å². The van der Waals surface area contributed by atoms with Crippen molar-refractivity contribution in [1.29, 1.82) is 0 Å². The first-order valence-electron chi connectivity index (χ1n) is 24.0. The number of benzene rings is 11. The Kier molecular flexibility index (Phi) is 9.55. The first-order valence-corrected chi connectivity index (χ1v) is 24.0. The van der Waals surface area contributed by atoms with E-state index in [1.807, 2.05) is 0 Å². The van der Waals surface area contributed by atoms with Gasteiger partial charge in [-0.2, -0.15) is 0 Å². The van der Waals surface area contributed by atoms with E-state index in [2.05, 4.69) is 278 Å². The maximum absolute atomic E-state index is 2.49. The van der Waals surface area contributed by atoms with Crippen LogP contribution >= 0.6 is 0 Å². The molecular weight excluding hydrogens is 833 g/mol. The monoisotopic (exact) mass is 880 g/mol. The summed E-state index contributed by atoms with van der Waals surface area (Å²) in [6.45, 7) is 4.79. The lowest BCUT2D eigenvalue weighted by molar-refractivity contribution is 0.660. The molecule has 0 saturated carbocycles. The molecule has 69 heavy (non-hydrogen) atoms. The van der Waals surface area contributed by atoms with Gasteiger partial charge in [0.2, 0.25) is 0 Å². The van der Waals surface area contributed by atoms with Gasteiger partial charge < -0.3 is 9.47 Å². The van der Waals surface area contributed by atoms with Gasteiger partial charge in [0.25, 0.3) is 0 Å². The average Bonchev–Trinajstić information content (AvgIpc) is 3.87. The van der Waals surface area contributed by atoms with E-state index in [0.29, 0.717) is 0 Å². The Hall–Kier alpha value is -8.72. The lowest BCUT2D eigenvalue weighted by atomic mass is 9.81. The van der Waals surface area contributed by atoms with Crippen LogP contribution in [0.4, 0.5) is 17.1 Å². The van der Waals surface area contributed by atoms with Crippen molar-refractivity contribution >= 4 is 49.6 Å². The van der Waals surface area contributed by atoms with Gasteiger partial charge >= 0.3 is 0 Å². The molecule has 0 fully saturated rings. The number of nitrogens with zero attached hydrogens (tertiary/aromatic N) is 2. The van der Waals surface area contributed by atoms with Crippen LogP contribution in [-0.4, -0.2) is 4.57 Å². The zero-order chi connectivity index (χ0) is 46.1. The van der Waals surface area contributed by atoms with Crippen molar-refractivity contribution in [3.8, 4) is 61.3 Å². The number of hydrogen-bond acceptors (Lipinski definition) is 1. The molecule has 1 aromatic heterocycles. The molecule has 0 saturated heterocycles. The van der Waals surface area contributed by atoms with Crippen molar-refractivity contribution in [1.82, 2.24) is 4.57 Å². The van der Waals surface area contributed by atoms with Crippen LogP contribution in [0.3, 0.4) is 0 Å². The average molecular weight is 881 g/mol. The summed E-state index contributed by atoms with van der Waals surface area (Å²) in [5, 5.41) is 4.99. The second kappa shape index (κ2) is 16.3. The molecule has 0 radical (unpaired) electrons. The van der Waals surface area contributed by atoms with E-state index in [4.69, 9.17) is 0 Å². The van der Waals surface area contributed by atoms with Crippen molar-refractivity contribution < 1.29 is 0 Å². The standard InChI is InChI=1S/C67H48N2/c1-67(2)60-33-15-12-30-58(60)66-59(49-38-41-57-56-29-14-17-35-63(56)69(64(57)42-49)50-26-10-5-11-27-50)43-52(44-61(66)67)68(62-34-16-13-28-53(62)45-20-6-3-7-21-45)51-39-36-47(37-40-51)55-32-19-25-48-24-18-31-54(65(48)55)46-22-8-4-9-23-46/h3-44H,1-2H3. The number of hydrogen-bond donors (Lipinski definition) is 0. The van der Waals surface area contributed by atoms with Crippen LogP contribution in [0.2, 0.25) is 0 Å². The van der Waals surface area contributed by atoms with E-state index >= 15 is 0 Å². The number of para-hydroxylation sites is 3.